The molecule has 3 aromatic carbocycles. The molecule has 3 aromatic rings. The molecule has 0 bridgehead atoms. The molecule has 1 atom stereocenters. The Morgan fingerprint density at radius 3 is 2.13 bits per heavy atom. The standard InChI is InChI=1S/C28H29NO.H2/c1-20-7-11-22(12-8-20)15-26-27(30)25-6-4-3-5-24(25)16-28(26)18-29(19-28)17-23-13-9-21(2)10-14-23;/h3-14,26H,15-19H2,1-2H3;1H. The Morgan fingerprint density at radius 1 is 0.867 bits per heavy atom. The molecule has 1 unspecified atom stereocenters. The van der Waals surface area contributed by atoms with Gasteiger partial charge in [0.15, 0.2) is 5.78 Å². The van der Waals surface area contributed by atoms with Gasteiger partial charge in [-0.2, -0.15) is 0 Å². The van der Waals surface area contributed by atoms with E-state index in [0.29, 0.717) is 5.78 Å². The number of likely N-dealkylation sites (tertiary alicyclic amines) is 1. The van der Waals surface area contributed by atoms with Crippen LogP contribution in [0.3, 0.4) is 0 Å². The Balaban J connectivity index is 0.00000231. The number of benzene rings is 3. The summed E-state index contributed by atoms with van der Waals surface area (Å²) in [7, 11) is 0. The molecule has 1 aliphatic heterocycles. The second kappa shape index (κ2) is 7.52. The van der Waals surface area contributed by atoms with E-state index in [0.717, 1.165) is 38.0 Å². The van der Waals surface area contributed by atoms with Gasteiger partial charge < -0.3 is 0 Å². The Labute approximate surface area is 181 Å². The van der Waals surface area contributed by atoms with Gasteiger partial charge in [-0.05, 0) is 43.4 Å². The molecule has 2 heteroatoms. The fourth-order valence-electron chi connectivity index (χ4n) is 5.39. The van der Waals surface area contributed by atoms with Gasteiger partial charge in [0.1, 0.15) is 0 Å². The summed E-state index contributed by atoms with van der Waals surface area (Å²) in [5, 5.41) is 0. The van der Waals surface area contributed by atoms with Gasteiger partial charge in [0.2, 0.25) is 0 Å². The molecule has 1 spiro atoms. The van der Waals surface area contributed by atoms with Crippen LogP contribution in [0.5, 0.6) is 0 Å². The lowest BCUT2D eigenvalue weighted by Crippen LogP contribution is -2.63. The largest absolute Gasteiger partial charge is 0.298 e. The molecule has 30 heavy (non-hydrogen) atoms. The van der Waals surface area contributed by atoms with E-state index in [4.69, 9.17) is 0 Å². The maximum atomic E-state index is 13.6. The van der Waals surface area contributed by atoms with Gasteiger partial charge in [0, 0.05) is 38.0 Å². The number of aryl methyl sites for hydroxylation is 2. The summed E-state index contributed by atoms with van der Waals surface area (Å²) in [5.41, 5.74) is 7.42. The third kappa shape index (κ3) is 3.50. The number of carbonyl (C=O) groups excluding carboxylic acids is 1. The summed E-state index contributed by atoms with van der Waals surface area (Å²) in [6.07, 6.45) is 1.85. The average Bonchev–Trinajstić information content (AvgIpc) is 2.72. The molecule has 0 amide bonds. The van der Waals surface area contributed by atoms with E-state index in [-0.39, 0.29) is 12.8 Å². The molecule has 1 heterocycles. The topological polar surface area (TPSA) is 20.3 Å². The van der Waals surface area contributed by atoms with Gasteiger partial charge in [-0.25, -0.2) is 0 Å². The van der Waals surface area contributed by atoms with Crippen LogP contribution < -0.4 is 0 Å². The Hall–Kier alpha value is -2.71. The lowest BCUT2D eigenvalue weighted by atomic mass is 9.58. The third-order valence-corrected chi connectivity index (χ3v) is 7.05. The first-order chi connectivity index (χ1) is 14.5. The maximum Gasteiger partial charge on any atom is 0.167 e. The zero-order valence-electron chi connectivity index (χ0n) is 17.9. The summed E-state index contributed by atoms with van der Waals surface area (Å²) in [6, 6.07) is 25.8. The summed E-state index contributed by atoms with van der Waals surface area (Å²) in [4.78, 5) is 16.1. The number of Topliss-reactive ketones (excluding diaryl/α,β-unsaturated/α-hetero) is 1. The van der Waals surface area contributed by atoms with Crippen molar-refractivity contribution in [2.75, 3.05) is 13.1 Å². The van der Waals surface area contributed by atoms with Crippen molar-refractivity contribution in [1.82, 2.24) is 4.90 Å². The van der Waals surface area contributed by atoms with Gasteiger partial charge in [-0.1, -0.05) is 83.9 Å². The molecular weight excluding hydrogens is 366 g/mol. The van der Waals surface area contributed by atoms with Crippen LogP contribution in [0.1, 0.15) is 39.6 Å². The van der Waals surface area contributed by atoms with Crippen molar-refractivity contribution in [1.29, 1.82) is 0 Å². The van der Waals surface area contributed by atoms with Crippen molar-refractivity contribution in [2.45, 2.75) is 33.2 Å². The monoisotopic (exact) mass is 397 g/mol. The van der Waals surface area contributed by atoms with Crippen LogP contribution in [-0.2, 0) is 19.4 Å². The van der Waals surface area contributed by atoms with Crippen molar-refractivity contribution >= 4 is 5.78 Å². The van der Waals surface area contributed by atoms with Crippen molar-refractivity contribution < 1.29 is 6.22 Å². The second-order valence-corrected chi connectivity index (χ2v) is 9.43. The summed E-state index contributed by atoms with van der Waals surface area (Å²) in [5.74, 6) is 0.400. The van der Waals surface area contributed by atoms with Gasteiger partial charge in [0.25, 0.3) is 0 Å². The van der Waals surface area contributed by atoms with Crippen molar-refractivity contribution in [3.63, 3.8) is 0 Å². The van der Waals surface area contributed by atoms with Crippen LogP contribution in [-0.4, -0.2) is 23.8 Å². The number of fused-ring (bicyclic) bond motifs is 1. The zero-order chi connectivity index (χ0) is 20.7. The molecule has 0 saturated carbocycles. The van der Waals surface area contributed by atoms with Crippen LogP contribution in [0, 0.1) is 25.2 Å². The number of rotatable bonds is 4. The molecule has 0 aromatic heterocycles. The van der Waals surface area contributed by atoms with Gasteiger partial charge in [0.05, 0.1) is 0 Å². The normalized spacial score (nSPS) is 20.1. The zero-order valence-corrected chi connectivity index (χ0v) is 17.9. The van der Waals surface area contributed by atoms with E-state index >= 15 is 0 Å². The molecule has 154 valence electrons. The van der Waals surface area contributed by atoms with Gasteiger partial charge >= 0.3 is 0 Å². The maximum absolute atomic E-state index is 13.6. The molecular formula is C28H31NO. The molecule has 0 N–H and O–H groups in total. The molecule has 5 rings (SSSR count). The highest BCUT2D eigenvalue weighted by Gasteiger charge is 2.53. The van der Waals surface area contributed by atoms with E-state index in [1.165, 1.54) is 27.8 Å². The van der Waals surface area contributed by atoms with Crippen LogP contribution in [0.25, 0.3) is 0 Å². The minimum Gasteiger partial charge on any atom is -0.298 e. The molecule has 1 fully saturated rings. The Morgan fingerprint density at radius 2 is 1.47 bits per heavy atom. The van der Waals surface area contributed by atoms with Crippen LogP contribution in [0.2, 0.25) is 0 Å². The SMILES string of the molecule is Cc1ccc(CC2C(=O)c3ccccc3CC23CN(Cc2ccc(C)cc2)C3)cc1.[HH]. The number of carbonyl (C=O) groups is 1. The van der Waals surface area contributed by atoms with Crippen LogP contribution >= 0.6 is 0 Å². The van der Waals surface area contributed by atoms with Crippen molar-refractivity contribution in [3.05, 3.63) is 106 Å². The second-order valence-electron chi connectivity index (χ2n) is 9.43. The van der Waals surface area contributed by atoms with Crippen molar-refractivity contribution in [2.24, 2.45) is 11.3 Å². The first kappa shape index (κ1) is 19.3. The van der Waals surface area contributed by atoms with E-state index in [1.807, 2.05) is 12.1 Å². The summed E-state index contributed by atoms with van der Waals surface area (Å²) >= 11 is 0. The highest BCUT2D eigenvalue weighted by atomic mass is 16.1. The average molecular weight is 398 g/mol. The predicted octanol–water partition coefficient (Wildman–Crippen LogP) is 5.65. The summed E-state index contributed by atoms with van der Waals surface area (Å²) in [6.45, 7) is 7.20. The van der Waals surface area contributed by atoms with E-state index in [1.54, 1.807) is 0 Å². The minimum absolute atomic E-state index is 0. The fraction of sp³-hybridized carbons (Fsp3) is 0.321. The third-order valence-electron chi connectivity index (χ3n) is 7.05. The lowest BCUT2D eigenvalue weighted by Gasteiger charge is -2.56. The van der Waals surface area contributed by atoms with E-state index < -0.39 is 0 Å². The quantitative estimate of drug-likeness (QED) is 0.567. The minimum atomic E-state index is 0. The van der Waals surface area contributed by atoms with Gasteiger partial charge in [-0.3, -0.25) is 9.69 Å². The molecule has 2 nitrogen and oxygen atoms in total. The fourth-order valence-corrected chi connectivity index (χ4v) is 5.39. The molecule has 1 saturated heterocycles. The van der Waals surface area contributed by atoms with Gasteiger partial charge in [-0.15, -0.1) is 0 Å². The number of nitrogens with zero attached hydrogens (tertiary/aromatic N) is 1. The molecule has 0 radical (unpaired) electrons. The predicted molar refractivity (Wildman–Crippen MR) is 124 cm³/mol. The first-order valence-electron chi connectivity index (χ1n) is 11.0. The number of ketones is 1. The number of hydrogen-bond donors (Lipinski definition) is 0. The van der Waals surface area contributed by atoms with Crippen molar-refractivity contribution in [3.8, 4) is 0 Å². The first-order valence-corrected chi connectivity index (χ1v) is 11.0. The van der Waals surface area contributed by atoms with E-state index in [9.17, 15) is 4.79 Å². The van der Waals surface area contributed by atoms with Crippen LogP contribution in [0.15, 0.2) is 72.8 Å². The Kier molecular flexibility index (Phi) is 4.83. The lowest BCUT2D eigenvalue weighted by molar-refractivity contribution is -0.0463. The number of hydrogen-bond acceptors (Lipinski definition) is 2. The van der Waals surface area contributed by atoms with E-state index in [2.05, 4.69) is 79.4 Å². The highest BCUT2D eigenvalue weighted by molar-refractivity contribution is 6.01. The van der Waals surface area contributed by atoms with Crippen LogP contribution in [0.4, 0.5) is 0 Å². The molecule has 2 aliphatic rings. The highest BCUT2D eigenvalue weighted by Crippen LogP contribution is 2.48. The smallest absolute Gasteiger partial charge is 0.167 e. The Bertz CT molecular complexity index is 1060. The summed E-state index contributed by atoms with van der Waals surface area (Å²) < 4.78 is 0. The molecule has 1 aliphatic carbocycles.